The number of hydrogen-bond donors (Lipinski definition) is 2. The van der Waals surface area contributed by atoms with Crippen LogP contribution in [0.15, 0.2) is 41.6 Å². The molecule has 2 aromatic rings. The highest BCUT2D eigenvalue weighted by molar-refractivity contribution is 7.89. The summed E-state index contributed by atoms with van der Waals surface area (Å²) >= 11 is 0. The van der Waals surface area contributed by atoms with Crippen LogP contribution in [-0.2, 0) is 21.4 Å². The number of carbonyl (C=O) groups excluding carboxylic acids is 2. The van der Waals surface area contributed by atoms with Crippen molar-refractivity contribution < 1.29 is 18.0 Å². The van der Waals surface area contributed by atoms with Crippen LogP contribution in [0.5, 0.6) is 0 Å². The van der Waals surface area contributed by atoms with Gasteiger partial charge in [-0.15, -0.1) is 0 Å². The minimum atomic E-state index is -3.84. The van der Waals surface area contributed by atoms with Crippen molar-refractivity contribution in [2.45, 2.75) is 30.8 Å². The number of carbonyl (C=O) groups is 2. The van der Waals surface area contributed by atoms with Crippen LogP contribution in [0.4, 0.5) is 5.69 Å². The Kier molecular flexibility index (Phi) is 4.27. The lowest BCUT2D eigenvalue weighted by molar-refractivity contribution is -0.120. The summed E-state index contributed by atoms with van der Waals surface area (Å²) < 4.78 is 28.9. The summed E-state index contributed by atoms with van der Waals surface area (Å²) in [5, 5.41) is 9.69. The molecule has 10 heteroatoms. The first-order valence-corrected chi connectivity index (χ1v) is 10.4. The van der Waals surface area contributed by atoms with Gasteiger partial charge in [-0.05, 0) is 26.0 Å². The lowest BCUT2D eigenvalue weighted by atomic mass is 9.86. The highest BCUT2D eigenvalue weighted by Crippen LogP contribution is 2.35. The number of benzene rings is 1. The van der Waals surface area contributed by atoms with Crippen LogP contribution in [0.25, 0.3) is 0 Å². The Morgan fingerprint density at radius 1 is 1.29 bits per heavy atom. The third kappa shape index (κ3) is 2.89. The van der Waals surface area contributed by atoms with E-state index in [2.05, 4.69) is 15.7 Å². The van der Waals surface area contributed by atoms with Crippen LogP contribution in [0, 0.1) is 5.92 Å². The molecule has 1 fully saturated rings. The first-order chi connectivity index (χ1) is 13.2. The molecule has 0 aliphatic carbocycles. The monoisotopic (exact) mass is 403 g/mol. The maximum absolute atomic E-state index is 13.1. The Bertz CT molecular complexity index is 1060. The zero-order chi connectivity index (χ0) is 20.1. The number of para-hydroxylation sites is 1. The predicted octanol–water partition coefficient (Wildman–Crippen LogP) is 0.664. The minimum absolute atomic E-state index is 0.00136. The van der Waals surface area contributed by atoms with Gasteiger partial charge in [0, 0.05) is 25.8 Å². The van der Waals surface area contributed by atoms with Crippen molar-refractivity contribution >= 4 is 27.5 Å². The van der Waals surface area contributed by atoms with E-state index in [1.165, 1.54) is 21.4 Å². The van der Waals surface area contributed by atoms with Gasteiger partial charge in [-0.2, -0.15) is 9.40 Å². The van der Waals surface area contributed by atoms with E-state index in [-0.39, 0.29) is 29.8 Å². The molecule has 3 heterocycles. The lowest BCUT2D eigenvalue weighted by Crippen LogP contribution is -2.56. The van der Waals surface area contributed by atoms with E-state index in [0.29, 0.717) is 17.8 Å². The maximum Gasteiger partial charge on any atom is 0.253 e. The third-order valence-corrected chi connectivity index (χ3v) is 7.14. The van der Waals surface area contributed by atoms with Crippen molar-refractivity contribution in [1.82, 2.24) is 19.4 Å². The van der Waals surface area contributed by atoms with E-state index >= 15 is 0 Å². The smallest absolute Gasteiger partial charge is 0.253 e. The first kappa shape index (κ1) is 18.6. The fraction of sp³-hybridized carbons (Fsp3) is 0.389. The Labute approximate surface area is 162 Å². The Balaban J connectivity index is 1.68. The molecule has 0 radical (unpaired) electrons. The molecule has 148 valence electrons. The zero-order valence-electron chi connectivity index (χ0n) is 15.5. The van der Waals surface area contributed by atoms with Crippen LogP contribution >= 0.6 is 0 Å². The van der Waals surface area contributed by atoms with Gasteiger partial charge in [0.2, 0.25) is 15.9 Å². The number of aryl methyl sites for hydroxylation is 1. The number of rotatable bonds is 3. The summed E-state index contributed by atoms with van der Waals surface area (Å²) in [6.45, 7) is 4.09. The molecule has 28 heavy (non-hydrogen) atoms. The topological polar surface area (TPSA) is 113 Å². The van der Waals surface area contributed by atoms with Gasteiger partial charge in [0.05, 0.1) is 28.9 Å². The Hall–Kier alpha value is -2.72. The fourth-order valence-corrected chi connectivity index (χ4v) is 5.28. The third-order valence-electron chi connectivity index (χ3n) is 5.38. The van der Waals surface area contributed by atoms with Crippen molar-refractivity contribution in [3.05, 3.63) is 42.2 Å². The SMILES string of the molecule is CCn1cc(S(=O)(=O)N2C[C@H]3C(=O)Nc4ccccc4C(=O)N[C@@]3(C)C2)cn1. The van der Waals surface area contributed by atoms with Gasteiger partial charge in [-0.3, -0.25) is 14.3 Å². The second kappa shape index (κ2) is 6.42. The molecule has 9 nitrogen and oxygen atoms in total. The number of anilines is 1. The fourth-order valence-electron chi connectivity index (χ4n) is 3.76. The van der Waals surface area contributed by atoms with E-state index in [9.17, 15) is 18.0 Å². The molecule has 0 bridgehead atoms. The van der Waals surface area contributed by atoms with Crippen molar-refractivity contribution in [1.29, 1.82) is 0 Å². The molecule has 4 rings (SSSR count). The highest BCUT2D eigenvalue weighted by Gasteiger charge is 2.52. The highest BCUT2D eigenvalue weighted by atomic mass is 32.2. The maximum atomic E-state index is 13.1. The van der Waals surface area contributed by atoms with Gasteiger partial charge in [0.1, 0.15) is 4.90 Å². The molecular weight excluding hydrogens is 382 g/mol. The summed E-state index contributed by atoms with van der Waals surface area (Å²) in [4.78, 5) is 25.7. The largest absolute Gasteiger partial charge is 0.345 e. The number of sulfonamides is 1. The van der Waals surface area contributed by atoms with Gasteiger partial charge in [-0.1, -0.05) is 12.1 Å². The lowest BCUT2D eigenvalue weighted by Gasteiger charge is -2.33. The normalized spacial score (nSPS) is 25.3. The number of aromatic nitrogens is 2. The Morgan fingerprint density at radius 2 is 2.04 bits per heavy atom. The van der Waals surface area contributed by atoms with Crippen molar-refractivity contribution in [3.8, 4) is 0 Å². The number of hydrogen-bond acceptors (Lipinski definition) is 5. The molecule has 1 aromatic carbocycles. The van der Waals surface area contributed by atoms with E-state index < -0.39 is 21.5 Å². The molecular formula is C18H21N5O4S. The number of amides is 2. The Morgan fingerprint density at radius 3 is 2.75 bits per heavy atom. The van der Waals surface area contributed by atoms with Crippen LogP contribution in [0.1, 0.15) is 24.2 Å². The van der Waals surface area contributed by atoms with Crippen LogP contribution in [0.3, 0.4) is 0 Å². The van der Waals surface area contributed by atoms with Crippen LogP contribution < -0.4 is 10.6 Å². The second-order valence-corrected chi connectivity index (χ2v) is 9.23. The molecule has 0 saturated carbocycles. The summed E-state index contributed by atoms with van der Waals surface area (Å²) in [7, 11) is -3.84. The number of fused-ring (bicyclic) bond motifs is 2. The van der Waals surface area contributed by atoms with E-state index in [0.717, 1.165) is 0 Å². The summed E-state index contributed by atoms with van der Waals surface area (Å²) in [5.41, 5.74) is -0.263. The first-order valence-electron chi connectivity index (χ1n) is 8.99. The molecule has 0 unspecified atom stereocenters. The molecule has 2 amide bonds. The number of nitrogens with one attached hydrogen (secondary N) is 2. The molecule has 1 aromatic heterocycles. The van der Waals surface area contributed by atoms with E-state index in [4.69, 9.17) is 0 Å². The van der Waals surface area contributed by atoms with Crippen LogP contribution in [-0.4, -0.2) is 52.9 Å². The van der Waals surface area contributed by atoms with Gasteiger partial charge < -0.3 is 10.6 Å². The van der Waals surface area contributed by atoms with Crippen molar-refractivity contribution in [2.75, 3.05) is 18.4 Å². The summed E-state index contributed by atoms with van der Waals surface area (Å²) in [6, 6.07) is 6.71. The standard InChI is InChI=1S/C18H21N5O4S/c1-3-22-9-12(8-19-22)28(26,27)23-10-14-17(25)20-15-7-5-4-6-13(15)16(24)21-18(14,2)11-23/h4-9,14H,3,10-11H2,1-2H3,(H,20,25)(H,21,24)/t14-,18-/m0/s1. The zero-order valence-corrected chi connectivity index (χ0v) is 16.4. The van der Waals surface area contributed by atoms with Gasteiger partial charge in [0.15, 0.2) is 0 Å². The van der Waals surface area contributed by atoms with E-state index in [1.807, 2.05) is 6.92 Å². The second-order valence-electron chi connectivity index (χ2n) is 7.29. The molecule has 2 aliphatic rings. The van der Waals surface area contributed by atoms with Gasteiger partial charge in [0.25, 0.3) is 5.91 Å². The predicted molar refractivity (Wildman–Crippen MR) is 101 cm³/mol. The van der Waals surface area contributed by atoms with Gasteiger partial charge in [-0.25, -0.2) is 8.42 Å². The summed E-state index contributed by atoms with van der Waals surface area (Å²) in [6.07, 6.45) is 2.77. The molecule has 2 atom stereocenters. The average Bonchev–Trinajstić information content (AvgIpc) is 3.26. The molecule has 1 saturated heterocycles. The average molecular weight is 403 g/mol. The minimum Gasteiger partial charge on any atom is -0.345 e. The number of nitrogens with zero attached hydrogens (tertiary/aromatic N) is 3. The van der Waals surface area contributed by atoms with Crippen molar-refractivity contribution in [2.24, 2.45) is 5.92 Å². The molecule has 2 N–H and O–H groups in total. The van der Waals surface area contributed by atoms with Crippen LogP contribution in [0.2, 0.25) is 0 Å². The summed E-state index contributed by atoms with van der Waals surface area (Å²) in [5.74, 6) is -1.39. The van der Waals surface area contributed by atoms with E-state index in [1.54, 1.807) is 31.2 Å². The molecule has 0 spiro atoms. The van der Waals surface area contributed by atoms with Gasteiger partial charge >= 0.3 is 0 Å². The van der Waals surface area contributed by atoms with Crippen molar-refractivity contribution in [3.63, 3.8) is 0 Å². The quantitative estimate of drug-likeness (QED) is 0.782. The molecule has 2 aliphatic heterocycles.